The number of rotatable bonds is 7. The number of benzene rings is 3. The molecule has 0 fully saturated rings. The van der Waals surface area contributed by atoms with Crippen LogP contribution in [0.3, 0.4) is 0 Å². The van der Waals surface area contributed by atoms with Crippen LogP contribution in [0.4, 0.5) is 0 Å². The van der Waals surface area contributed by atoms with E-state index in [0.29, 0.717) is 42.5 Å². The second-order valence-corrected chi connectivity index (χ2v) is 12.3. The molecule has 0 N–H and O–H groups in total. The first-order valence-electron chi connectivity index (χ1n) is 14.0. The molecule has 210 valence electrons. The van der Waals surface area contributed by atoms with E-state index >= 15 is 0 Å². The third-order valence-corrected chi connectivity index (χ3v) is 9.16. The fraction of sp³-hybridized carbons (Fsp3) is 0.294. The van der Waals surface area contributed by atoms with E-state index in [1.807, 2.05) is 54.6 Å². The van der Waals surface area contributed by atoms with Crippen LogP contribution >= 0.6 is 34.2 Å². The number of nitrogens with zero attached hydrogens (tertiary/aromatic N) is 1. The van der Waals surface area contributed by atoms with Gasteiger partial charge in [0.1, 0.15) is 6.61 Å². The second kappa shape index (κ2) is 12.0. The molecule has 6 rings (SSSR count). The standard InChI is InChI=1S/C34H31ClINO4/c1-40-30-18-23(17-25(36)34(30)41-20-22-10-5-11-24(35)16-22)31-32-26(12-6-14-28(32)38)37(19-21-8-3-2-4-9-21)27-13-7-15-29(39)33(27)31/h2-5,8-11,16-18,31H,6-7,12-15,19-20H2,1H3. The summed E-state index contributed by atoms with van der Waals surface area (Å²) < 4.78 is 12.9. The van der Waals surface area contributed by atoms with Gasteiger partial charge >= 0.3 is 0 Å². The number of halogens is 2. The SMILES string of the molecule is COc1cc(C2C3=C(CCCC3=O)N(Cc3ccccc3)C3=C2C(=O)CCC3)cc(I)c1OCc1cccc(Cl)c1. The van der Waals surface area contributed by atoms with Crippen LogP contribution in [0, 0.1) is 3.57 Å². The van der Waals surface area contributed by atoms with Crippen molar-refractivity contribution in [2.45, 2.75) is 57.6 Å². The van der Waals surface area contributed by atoms with E-state index in [-0.39, 0.29) is 11.6 Å². The number of allylic oxidation sites excluding steroid dienone is 4. The molecule has 41 heavy (non-hydrogen) atoms. The van der Waals surface area contributed by atoms with Crippen molar-refractivity contribution in [3.8, 4) is 11.5 Å². The molecular weight excluding hydrogens is 649 g/mol. The van der Waals surface area contributed by atoms with Crippen molar-refractivity contribution in [1.29, 1.82) is 0 Å². The molecule has 7 heteroatoms. The highest BCUT2D eigenvalue weighted by Crippen LogP contribution is 2.51. The first-order chi connectivity index (χ1) is 19.9. The molecule has 0 atom stereocenters. The van der Waals surface area contributed by atoms with Crippen molar-refractivity contribution in [2.75, 3.05) is 7.11 Å². The molecule has 1 aliphatic heterocycles. The molecule has 0 aromatic heterocycles. The first-order valence-corrected chi connectivity index (χ1v) is 15.5. The van der Waals surface area contributed by atoms with E-state index in [0.717, 1.165) is 68.5 Å². The largest absolute Gasteiger partial charge is 0.493 e. The molecule has 0 saturated heterocycles. The molecule has 3 aliphatic rings. The minimum Gasteiger partial charge on any atom is -0.493 e. The van der Waals surface area contributed by atoms with Gasteiger partial charge in [-0.25, -0.2) is 0 Å². The molecule has 2 aliphatic carbocycles. The zero-order valence-corrected chi connectivity index (χ0v) is 25.8. The Morgan fingerprint density at radius 2 is 1.51 bits per heavy atom. The van der Waals surface area contributed by atoms with Gasteiger partial charge in [-0.05, 0) is 89.2 Å². The maximum absolute atomic E-state index is 13.7. The lowest BCUT2D eigenvalue weighted by Crippen LogP contribution is -2.38. The van der Waals surface area contributed by atoms with Crippen molar-refractivity contribution in [3.05, 3.63) is 115 Å². The maximum atomic E-state index is 13.7. The van der Waals surface area contributed by atoms with Gasteiger partial charge in [-0.2, -0.15) is 0 Å². The summed E-state index contributed by atoms with van der Waals surface area (Å²) >= 11 is 8.43. The van der Waals surface area contributed by atoms with Crippen molar-refractivity contribution >= 4 is 45.8 Å². The fourth-order valence-electron chi connectivity index (χ4n) is 6.34. The number of methoxy groups -OCH3 is 1. The monoisotopic (exact) mass is 679 g/mol. The van der Waals surface area contributed by atoms with Crippen LogP contribution in [0.2, 0.25) is 5.02 Å². The minimum atomic E-state index is -0.406. The maximum Gasteiger partial charge on any atom is 0.174 e. The summed E-state index contributed by atoms with van der Waals surface area (Å²) in [5.74, 6) is 1.07. The Morgan fingerprint density at radius 3 is 2.15 bits per heavy atom. The van der Waals surface area contributed by atoms with Crippen LogP contribution in [-0.2, 0) is 22.7 Å². The third kappa shape index (κ3) is 5.56. The van der Waals surface area contributed by atoms with E-state index in [2.05, 4.69) is 39.6 Å². The zero-order chi connectivity index (χ0) is 28.5. The van der Waals surface area contributed by atoms with Gasteiger partial charge in [-0.15, -0.1) is 0 Å². The minimum absolute atomic E-state index is 0.134. The van der Waals surface area contributed by atoms with Crippen molar-refractivity contribution in [2.24, 2.45) is 0 Å². The van der Waals surface area contributed by atoms with E-state index in [1.165, 1.54) is 0 Å². The predicted octanol–water partition coefficient (Wildman–Crippen LogP) is 8.15. The third-order valence-electron chi connectivity index (χ3n) is 8.13. The highest BCUT2D eigenvalue weighted by molar-refractivity contribution is 14.1. The lowest BCUT2D eigenvalue weighted by atomic mass is 9.71. The molecule has 0 radical (unpaired) electrons. The summed E-state index contributed by atoms with van der Waals surface area (Å²) in [7, 11) is 1.62. The van der Waals surface area contributed by atoms with Crippen LogP contribution in [-0.4, -0.2) is 23.6 Å². The Hall–Kier alpha value is -3.10. The topological polar surface area (TPSA) is 55.8 Å². The molecule has 0 spiro atoms. The second-order valence-electron chi connectivity index (χ2n) is 10.7. The normalized spacial score (nSPS) is 17.5. The van der Waals surface area contributed by atoms with Gasteiger partial charge in [0.05, 0.1) is 10.7 Å². The lowest BCUT2D eigenvalue weighted by Gasteiger charge is -2.44. The Balaban J connectivity index is 1.44. The number of ether oxygens (including phenoxy) is 2. The van der Waals surface area contributed by atoms with Crippen LogP contribution in [0.1, 0.15) is 61.1 Å². The summed E-state index contributed by atoms with van der Waals surface area (Å²) in [6, 6.07) is 21.9. The molecule has 1 heterocycles. The number of Topliss-reactive ketones (excluding diaryl/α,β-unsaturated/α-hetero) is 2. The van der Waals surface area contributed by atoms with Crippen molar-refractivity contribution in [3.63, 3.8) is 0 Å². The highest BCUT2D eigenvalue weighted by Gasteiger charge is 2.43. The summed E-state index contributed by atoms with van der Waals surface area (Å²) in [5.41, 5.74) is 6.69. The van der Waals surface area contributed by atoms with Crippen molar-refractivity contribution in [1.82, 2.24) is 4.90 Å². The predicted molar refractivity (Wildman–Crippen MR) is 168 cm³/mol. The summed E-state index contributed by atoms with van der Waals surface area (Å²) in [4.78, 5) is 29.7. The van der Waals surface area contributed by atoms with Crippen molar-refractivity contribution < 1.29 is 19.1 Å². The number of carbonyl (C=O) groups is 2. The summed E-state index contributed by atoms with van der Waals surface area (Å²) in [6.07, 6.45) is 4.29. The molecular formula is C34H31ClINO4. The molecule has 3 aromatic carbocycles. The number of hydrogen-bond donors (Lipinski definition) is 0. The van der Waals surface area contributed by atoms with Gasteiger partial charge in [-0.3, -0.25) is 9.59 Å². The average Bonchev–Trinajstić information content (AvgIpc) is 2.97. The van der Waals surface area contributed by atoms with E-state index in [1.54, 1.807) is 7.11 Å². The lowest BCUT2D eigenvalue weighted by molar-refractivity contribution is -0.117. The van der Waals surface area contributed by atoms with Crippen LogP contribution in [0.5, 0.6) is 11.5 Å². The molecule has 0 saturated carbocycles. The van der Waals surface area contributed by atoms with Gasteiger partial charge in [-0.1, -0.05) is 54.1 Å². The summed E-state index contributed by atoms with van der Waals surface area (Å²) in [6.45, 7) is 0.995. The van der Waals surface area contributed by atoms with Crippen LogP contribution in [0.15, 0.2) is 89.3 Å². The van der Waals surface area contributed by atoms with E-state index < -0.39 is 5.92 Å². The van der Waals surface area contributed by atoms with E-state index in [4.69, 9.17) is 21.1 Å². The molecule has 0 unspecified atom stereocenters. The first kappa shape index (κ1) is 28.0. The van der Waals surface area contributed by atoms with Gasteiger partial charge in [0.15, 0.2) is 23.1 Å². The van der Waals surface area contributed by atoms with Gasteiger partial charge in [0.25, 0.3) is 0 Å². The molecule has 0 amide bonds. The Kier molecular flexibility index (Phi) is 8.22. The Morgan fingerprint density at radius 1 is 0.854 bits per heavy atom. The molecule has 0 bridgehead atoms. The molecule has 5 nitrogen and oxygen atoms in total. The number of carbonyl (C=O) groups excluding carboxylic acids is 2. The average molecular weight is 680 g/mol. The van der Waals surface area contributed by atoms with E-state index in [9.17, 15) is 9.59 Å². The van der Waals surface area contributed by atoms with Crippen LogP contribution < -0.4 is 9.47 Å². The van der Waals surface area contributed by atoms with Gasteiger partial charge < -0.3 is 14.4 Å². The Labute approximate surface area is 259 Å². The Bertz CT molecular complexity index is 1530. The zero-order valence-electron chi connectivity index (χ0n) is 22.9. The summed E-state index contributed by atoms with van der Waals surface area (Å²) in [5, 5.41) is 0.657. The number of hydrogen-bond acceptors (Lipinski definition) is 5. The van der Waals surface area contributed by atoms with Gasteiger partial charge in [0, 0.05) is 52.9 Å². The number of ketones is 2. The smallest absolute Gasteiger partial charge is 0.174 e. The highest BCUT2D eigenvalue weighted by atomic mass is 127. The van der Waals surface area contributed by atoms with Crippen LogP contribution in [0.25, 0.3) is 0 Å². The van der Waals surface area contributed by atoms with Gasteiger partial charge in [0.2, 0.25) is 0 Å². The fourth-order valence-corrected chi connectivity index (χ4v) is 7.33. The molecule has 3 aromatic rings. The quantitative estimate of drug-likeness (QED) is 0.236.